The Kier molecular flexibility index (Phi) is 5.07. The lowest BCUT2D eigenvalue weighted by atomic mass is 9.44. The van der Waals surface area contributed by atoms with E-state index in [-0.39, 0.29) is 0 Å². The standard InChI is InChI=1S/C24H37Br/c1-17(7-6-16-25)20-11-12-21-19-10-9-18-8-4-5-14-23(18,2)22(19)13-15-24(20,21)3/h17-22H,4-5,7-15H2,1-3H3/t17-,18?,19+,20-,21+,22+,23+,24-/m1/s1. The van der Waals surface area contributed by atoms with Crippen molar-refractivity contribution in [2.24, 2.45) is 46.3 Å². The van der Waals surface area contributed by atoms with E-state index >= 15 is 0 Å². The van der Waals surface area contributed by atoms with Crippen LogP contribution >= 0.6 is 15.9 Å². The van der Waals surface area contributed by atoms with E-state index in [0.29, 0.717) is 10.8 Å². The molecule has 0 radical (unpaired) electrons. The lowest BCUT2D eigenvalue weighted by Gasteiger charge is -2.60. The maximum atomic E-state index is 3.30. The van der Waals surface area contributed by atoms with Crippen LogP contribution in [0.4, 0.5) is 0 Å². The highest BCUT2D eigenvalue weighted by Gasteiger charge is 2.59. The van der Waals surface area contributed by atoms with Crippen molar-refractivity contribution in [2.45, 2.75) is 91.4 Å². The molecule has 4 saturated carbocycles. The smallest absolute Gasteiger partial charge is 0.0126 e. The number of halogens is 1. The van der Waals surface area contributed by atoms with Crippen LogP contribution in [-0.2, 0) is 0 Å². The minimum Gasteiger partial charge on any atom is -0.0905 e. The highest BCUT2D eigenvalue weighted by atomic mass is 79.9. The van der Waals surface area contributed by atoms with Gasteiger partial charge < -0.3 is 0 Å². The molecule has 1 heteroatoms. The summed E-state index contributed by atoms with van der Waals surface area (Å²) >= 11 is 3.29. The average Bonchev–Trinajstić information content (AvgIpc) is 2.96. The van der Waals surface area contributed by atoms with E-state index in [1.165, 1.54) is 51.4 Å². The van der Waals surface area contributed by atoms with Gasteiger partial charge in [0.25, 0.3) is 0 Å². The molecule has 0 aromatic heterocycles. The summed E-state index contributed by atoms with van der Waals surface area (Å²) < 4.78 is 0. The molecule has 0 saturated heterocycles. The summed E-state index contributed by atoms with van der Waals surface area (Å²) in [6.07, 6.45) is 16.2. The predicted octanol–water partition coefficient (Wildman–Crippen LogP) is 7.42. The van der Waals surface area contributed by atoms with Crippen LogP contribution in [0.5, 0.6) is 0 Å². The van der Waals surface area contributed by atoms with Gasteiger partial charge in [0.1, 0.15) is 0 Å². The normalized spacial score (nSPS) is 50.0. The lowest BCUT2D eigenvalue weighted by molar-refractivity contribution is -0.114. The van der Waals surface area contributed by atoms with E-state index in [9.17, 15) is 0 Å². The highest BCUT2D eigenvalue weighted by molar-refractivity contribution is 9.12. The fraction of sp³-hybridized carbons (Fsp3) is 0.917. The molecule has 140 valence electrons. The Morgan fingerprint density at radius 2 is 1.72 bits per heavy atom. The van der Waals surface area contributed by atoms with Gasteiger partial charge in [0, 0.05) is 22.4 Å². The highest BCUT2D eigenvalue weighted by Crippen LogP contribution is 2.68. The summed E-state index contributed by atoms with van der Waals surface area (Å²) in [6, 6.07) is 0. The third-order valence-corrected chi connectivity index (χ3v) is 10.1. The first kappa shape index (κ1) is 18.4. The Balaban J connectivity index is 1.56. The minimum absolute atomic E-state index is 0.604. The molecule has 0 N–H and O–H groups in total. The van der Waals surface area contributed by atoms with Gasteiger partial charge in [0.15, 0.2) is 0 Å². The van der Waals surface area contributed by atoms with Gasteiger partial charge in [-0.3, -0.25) is 0 Å². The van der Waals surface area contributed by atoms with Crippen LogP contribution in [0.2, 0.25) is 0 Å². The molecule has 0 aromatic rings. The topological polar surface area (TPSA) is 0 Å². The third-order valence-electron chi connectivity index (χ3n) is 9.83. The summed E-state index contributed by atoms with van der Waals surface area (Å²) in [5.41, 5.74) is 1.29. The molecular weight excluding hydrogens is 368 g/mol. The third kappa shape index (κ3) is 2.85. The molecule has 0 amide bonds. The van der Waals surface area contributed by atoms with Gasteiger partial charge in [0.2, 0.25) is 0 Å². The van der Waals surface area contributed by atoms with Crippen LogP contribution in [0.15, 0.2) is 0 Å². The molecule has 1 unspecified atom stereocenters. The van der Waals surface area contributed by atoms with Crippen molar-refractivity contribution in [1.82, 2.24) is 0 Å². The predicted molar refractivity (Wildman–Crippen MR) is 110 cm³/mol. The van der Waals surface area contributed by atoms with Crippen molar-refractivity contribution in [3.05, 3.63) is 0 Å². The van der Waals surface area contributed by atoms with Gasteiger partial charge in [-0.05, 0) is 103 Å². The molecule has 4 fully saturated rings. The zero-order valence-electron chi connectivity index (χ0n) is 16.6. The van der Waals surface area contributed by atoms with Gasteiger partial charge in [-0.25, -0.2) is 0 Å². The number of rotatable bonds is 2. The van der Waals surface area contributed by atoms with Gasteiger partial charge in [-0.1, -0.05) is 39.5 Å². The van der Waals surface area contributed by atoms with Crippen molar-refractivity contribution < 1.29 is 0 Å². The van der Waals surface area contributed by atoms with Crippen molar-refractivity contribution in [3.8, 4) is 10.8 Å². The molecule has 4 aliphatic rings. The second-order valence-corrected chi connectivity index (χ2v) is 11.0. The van der Waals surface area contributed by atoms with E-state index in [4.69, 9.17) is 0 Å². The Labute approximate surface area is 164 Å². The molecule has 4 aliphatic carbocycles. The van der Waals surface area contributed by atoms with Gasteiger partial charge in [0.05, 0.1) is 0 Å². The molecule has 8 atom stereocenters. The first-order chi connectivity index (χ1) is 12.0. The number of fused-ring (bicyclic) bond motifs is 5. The molecular formula is C24H37Br. The molecule has 0 aliphatic heterocycles. The van der Waals surface area contributed by atoms with Gasteiger partial charge in [-0.2, -0.15) is 0 Å². The Morgan fingerprint density at radius 3 is 2.52 bits per heavy atom. The minimum atomic E-state index is 0.604. The van der Waals surface area contributed by atoms with Crippen molar-refractivity contribution in [2.75, 3.05) is 0 Å². The van der Waals surface area contributed by atoms with Crippen LogP contribution in [0.3, 0.4) is 0 Å². The monoisotopic (exact) mass is 404 g/mol. The van der Waals surface area contributed by atoms with Crippen LogP contribution < -0.4 is 0 Å². The second-order valence-electron chi connectivity index (χ2n) is 10.6. The second kappa shape index (κ2) is 6.89. The van der Waals surface area contributed by atoms with Gasteiger partial charge in [-0.15, -0.1) is 0 Å². The number of hydrogen-bond acceptors (Lipinski definition) is 0. The summed E-state index contributed by atoms with van der Waals surface area (Å²) in [5.74, 6) is 9.12. The molecule has 0 nitrogen and oxygen atoms in total. The maximum Gasteiger partial charge on any atom is 0.0126 e. The van der Waals surface area contributed by atoms with E-state index in [0.717, 1.165) is 41.9 Å². The molecule has 0 bridgehead atoms. The van der Waals surface area contributed by atoms with Crippen LogP contribution in [0.25, 0.3) is 0 Å². The number of hydrogen-bond donors (Lipinski definition) is 0. The van der Waals surface area contributed by atoms with Crippen molar-refractivity contribution >= 4 is 15.9 Å². The largest absolute Gasteiger partial charge is 0.0905 e. The zero-order chi connectivity index (χ0) is 17.7. The first-order valence-electron chi connectivity index (χ1n) is 11.1. The molecule has 4 rings (SSSR count). The van der Waals surface area contributed by atoms with E-state index in [1.807, 2.05) is 0 Å². The fourth-order valence-corrected chi connectivity index (χ4v) is 8.77. The quantitative estimate of drug-likeness (QED) is 0.419. The van der Waals surface area contributed by atoms with Crippen LogP contribution in [-0.4, -0.2) is 0 Å². The summed E-state index contributed by atoms with van der Waals surface area (Å²) in [6.45, 7) is 7.86. The van der Waals surface area contributed by atoms with E-state index < -0.39 is 0 Å². The molecule has 25 heavy (non-hydrogen) atoms. The SMILES string of the molecule is C[C@H](CC#CBr)[C@H]1CC[C@H]2[C@@H]3CCC4CCCC[C@]4(C)[C@H]3CC[C@]12C. The Morgan fingerprint density at radius 1 is 0.920 bits per heavy atom. The van der Waals surface area contributed by atoms with Crippen molar-refractivity contribution in [3.63, 3.8) is 0 Å². The Hall–Kier alpha value is 0.0400. The zero-order valence-corrected chi connectivity index (χ0v) is 18.2. The lowest BCUT2D eigenvalue weighted by Crippen LogP contribution is -2.53. The van der Waals surface area contributed by atoms with Crippen LogP contribution in [0.1, 0.15) is 91.4 Å². The summed E-state index contributed by atoms with van der Waals surface area (Å²) in [5, 5.41) is 0. The van der Waals surface area contributed by atoms with Crippen LogP contribution in [0, 0.1) is 57.1 Å². The molecule has 0 aromatic carbocycles. The van der Waals surface area contributed by atoms with E-state index in [1.54, 1.807) is 12.8 Å². The molecule has 0 heterocycles. The Bertz CT molecular complexity index is 556. The summed E-state index contributed by atoms with van der Waals surface area (Å²) in [4.78, 5) is 2.95. The molecule has 0 spiro atoms. The summed E-state index contributed by atoms with van der Waals surface area (Å²) in [7, 11) is 0. The van der Waals surface area contributed by atoms with E-state index in [2.05, 4.69) is 47.5 Å². The average molecular weight is 405 g/mol. The van der Waals surface area contributed by atoms with Gasteiger partial charge >= 0.3 is 0 Å². The maximum absolute atomic E-state index is 3.30. The fourth-order valence-electron chi connectivity index (χ4n) is 8.61. The van der Waals surface area contributed by atoms with Crippen molar-refractivity contribution in [1.29, 1.82) is 0 Å². The first-order valence-corrected chi connectivity index (χ1v) is 11.9.